The van der Waals surface area contributed by atoms with Crippen molar-refractivity contribution >= 4 is 22.9 Å². The predicted molar refractivity (Wildman–Crippen MR) is 83.4 cm³/mol. The van der Waals surface area contributed by atoms with E-state index in [0.29, 0.717) is 12.0 Å². The summed E-state index contributed by atoms with van der Waals surface area (Å²) in [5, 5.41) is 3.47. The van der Waals surface area contributed by atoms with Gasteiger partial charge in [-0.25, -0.2) is 9.97 Å². The van der Waals surface area contributed by atoms with Crippen LogP contribution in [0.4, 0.5) is 0 Å². The maximum Gasteiger partial charge on any atom is 0.160 e. The number of nitrogens with zero attached hydrogens (tertiary/aromatic N) is 3. The summed E-state index contributed by atoms with van der Waals surface area (Å²) >= 11 is 2.07. The van der Waals surface area contributed by atoms with E-state index >= 15 is 0 Å². The van der Waals surface area contributed by atoms with E-state index in [1.54, 1.807) is 0 Å². The molecule has 0 radical (unpaired) electrons. The summed E-state index contributed by atoms with van der Waals surface area (Å²) in [6, 6.07) is 4.68. The van der Waals surface area contributed by atoms with Crippen LogP contribution in [0, 0.1) is 0 Å². The number of hydrogen-bond acceptors (Lipinski definition) is 4. The summed E-state index contributed by atoms with van der Waals surface area (Å²) in [6.45, 7) is 2.17. The van der Waals surface area contributed by atoms with Gasteiger partial charge < -0.3 is 9.88 Å². The Kier molecular flexibility index (Phi) is 3.40. The van der Waals surface area contributed by atoms with Gasteiger partial charge in [-0.15, -0.1) is 0 Å². The van der Waals surface area contributed by atoms with Gasteiger partial charge in [-0.3, -0.25) is 0 Å². The average Bonchev–Trinajstić information content (AvgIpc) is 3.15. The molecule has 4 rings (SSSR count). The second-order valence-corrected chi connectivity index (χ2v) is 6.94. The van der Waals surface area contributed by atoms with Crippen molar-refractivity contribution in [2.45, 2.75) is 31.2 Å². The molecule has 2 aromatic heterocycles. The molecule has 2 aromatic rings. The first kappa shape index (κ1) is 12.7. The van der Waals surface area contributed by atoms with Crippen LogP contribution in [0.3, 0.4) is 0 Å². The Balaban J connectivity index is 1.83. The van der Waals surface area contributed by atoms with Crippen LogP contribution in [0.2, 0.25) is 0 Å². The first-order valence-corrected chi connectivity index (χ1v) is 8.70. The van der Waals surface area contributed by atoms with E-state index in [4.69, 9.17) is 4.98 Å². The average molecular weight is 288 g/mol. The van der Waals surface area contributed by atoms with E-state index in [1.165, 1.54) is 36.6 Å². The maximum absolute atomic E-state index is 4.92. The molecular formula is C15H20N4S. The summed E-state index contributed by atoms with van der Waals surface area (Å²) in [5.41, 5.74) is 2.15. The quantitative estimate of drug-likeness (QED) is 0.922. The SMILES string of the molecule is c1cnc2c(c1)nc(C1CCNC1)n2C1CCSCC1. The molecule has 0 aliphatic carbocycles. The fourth-order valence-corrected chi connectivity index (χ4v) is 4.50. The van der Waals surface area contributed by atoms with Crippen LogP contribution in [0.5, 0.6) is 0 Å². The van der Waals surface area contributed by atoms with Crippen LogP contribution < -0.4 is 5.32 Å². The monoisotopic (exact) mass is 288 g/mol. The Labute approximate surface area is 123 Å². The minimum atomic E-state index is 0.554. The van der Waals surface area contributed by atoms with Crippen molar-refractivity contribution in [1.29, 1.82) is 0 Å². The maximum atomic E-state index is 4.92. The Morgan fingerprint density at radius 1 is 1.25 bits per heavy atom. The second kappa shape index (κ2) is 5.37. The summed E-state index contributed by atoms with van der Waals surface area (Å²) in [7, 11) is 0. The van der Waals surface area contributed by atoms with Gasteiger partial charge in [0.05, 0.1) is 0 Å². The Hall–Kier alpha value is -1.07. The third-order valence-electron chi connectivity index (χ3n) is 4.46. The predicted octanol–water partition coefficient (Wildman–Crippen LogP) is 2.58. The number of nitrogens with one attached hydrogen (secondary N) is 1. The van der Waals surface area contributed by atoms with Gasteiger partial charge in [-0.05, 0) is 49.4 Å². The van der Waals surface area contributed by atoms with E-state index in [0.717, 1.165) is 24.3 Å². The minimum absolute atomic E-state index is 0.554. The molecule has 2 fully saturated rings. The number of aromatic nitrogens is 3. The molecule has 0 saturated carbocycles. The first-order chi connectivity index (χ1) is 9.93. The topological polar surface area (TPSA) is 42.7 Å². The smallest absolute Gasteiger partial charge is 0.160 e. The van der Waals surface area contributed by atoms with Crippen molar-refractivity contribution in [3.05, 3.63) is 24.2 Å². The number of fused-ring (bicyclic) bond motifs is 1. The van der Waals surface area contributed by atoms with E-state index in [-0.39, 0.29) is 0 Å². The van der Waals surface area contributed by atoms with Crippen LogP contribution in [0.1, 0.15) is 37.0 Å². The lowest BCUT2D eigenvalue weighted by Crippen LogP contribution is -2.20. The van der Waals surface area contributed by atoms with E-state index in [1.807, 2.05) is 12.3 Å². The highest BCUT2D eigenvalue weighted by molar-refractivity contribution is 7.99. The molecule has 2 aliphatic heterocycles. The lowest BCUT2D eigenvalue weighted by Gasteiger charge is -2.26. The van der Waals surface area contributed by atoms with Crippen molar-refractivity contribution < 1.29 is 0 Å². The molecular weight excluding hydrogens is 268 g/mol. The van der Waals surface area contributed by atoms with Crippen LogP contribution in [0.15, 0.2) is 18.3 Å². The van der Waals surface area contributed by atoms with Gasteiger partial charge in [0.15, 0.2) is 5.65 Å². The number of rotatable bonds is 2. The molecule has 1 unspecified atom stereocenters. The highest BCUT2D eigenvalue weighted by Crippen LogP contribution is 2.34. The van der Waals surface area contributed by atoms with E-state index < -0.39 is 0 Å². The third-order valence-corrected chi connectivity index (χ3v) is 5.51. The van der Waals surface area contributed by atoms with Gasteiger partial charge in [-0.2, -0.15) is 11.8 Å². The number of imidazole rings is 1. The molecule has 4 heterocycles. The van der Waals surface area contributed by atoms with Crippen LogP contribution in [0.25, 0.3) is 11.2 Å². The molecule has 1 N–H and O–H groups in total. The van der Waals surface area contributed by atoms with Crippen molar-refractivity contribution in [2.75, 3.05) is 24.6 Å². The molecule has 0 bridgehead atoms. The normalized spacial score (nSPS) is 24.5. The molecule has 4 nitrogen and oxygen atoms in total. The molecule has 2 saturated heterocycles. The van der Waals surface area contributed by atoms with Gasteiger partial charge in [0.25, 0.3) is 0 Å². The fraction of sp³-hybridized carbons (Fsp3) is 0.600. The van der Waals surface area contributed by atoms with Gasteiger partial charge >= 0.3 is 0 Å². The van der Waals surface area contributed by atoms with E-state index in [9.17, 15) is 0 Å². The zero-order valence-electron chi connectivity index (χ0n) is 11.6. The Bertz CT molecular complexity index is 597. The zero-order valence-corrected chi connectivity index (χ0v) is 12.4. The van der Waals surface area contributed by atoms with Crippen molar-refractivity contribution in [2.24, 2.45) is 0 Å². The molecule has 20 heavy (non-hydrogen) atoms. The minimum Gasteiger partial charge on any atom is -0.316 e. The van der Waals surface area contributed by atoms with Gasteiger partial charge in [-0.1, -0.05) is 0 Å². The first-order valence-electron chi connectivity index (χ1n) is 7.55. The molecule has 106 valence electrons. The van der Waals surface area contributed by atoms with Gasteiger partial charge in [0, 0.05) is 24.7 Å². The molecule has 0 spiro atoms. The Morgan fingerprint density at radius 3 is 2.95 bits per heavy atom. The highest BCUT2D eigenvalue weighted by atomic mass is 32.2. The molecule has 5 heteroatoms. The third kappa shape index (κ3) is 2.13. The molecule has 1 atom stereocenters. The largest absolute Gasteiger partial charge is 0.316 e. The fourth-order valence-electron chi connectivity index (χ4n) is 3.41. The van der Waals surface area contributed by atoms with Crippen LogP contribution in [-0.2, 0) is 0 Å². The molecule has 0 aromatic carbocycles. The highest BCUT2D eigenvalue weighted by Gasteiger charge is 2.28. The standard InChI is InChI=1S/C15H20N4S/c1-2-13-15(17-6-1)19(12-4-8-20-9-5-12)14(18-13)11-3-7-16-10-11/h1-2,6,11-12,16H,3-5,7-10H2. The number of hydrogen-bond donors (Lipinski definition) is 1. The van der Waals surface area contributed by atoms with Crippen LogP contribution >= 0.6 is 11.8 Å². The molecule has 2 aliphatic rings. The second-order valence-electron chi connectivity index (χ2n) is 5.72. The van der Waals surface area contributed by atoms with E-state index in [2.05, 4.69) is 32.7 Å². The number of pyridine rings is 1. The van der Waals surface area contributed by atoms with Crippen molar-refractivity contribution in [1.82, 2.24) is 19.9 Å². The Morgan fingerprint density at radius 2 is 2.15 bits per heavy atom. The van der Waals surface area contributed by atoms with Gasteiger partial charge in [0.2, 0.25) is 0 Å². The summed E-state index contributed by atoms with van der Waals surface area (Å²) in [5.74, 6) is 4.35. The lowest BCUT2D eigenvalue weighted by molar-refractivity contribution is 0.450. The summed E-state index contributed by atoms with van der Waals surface area (Å²) < 4.78 is 2.46. The van der Waals surface area contributed by atoms with Crippen molar-refractivity contribution in [3.63, 3.8) is 0 Å². The van der Waals surface area contributed by atoms with Gasteiger partial charge in [0.1, 0.15) is 11.3 Å². The summed E-state index contributed by atoms with van der Waals surface area (Å²) in [4.78, 5) is 9.55. The summed E-state index contributed by atoms with van der Waals surface area (Å²) in [6.07, 6.45) is 5.60. The number of thioether (sulfide) groups is 1. The zero-order chi connectivity index (χ0) is 13.4. The van der Waals surface area contributed by atoms with Crippen LogP contribution in [-0.4, -0.2) is 39.1 Å². The molecule has 0 amide bonds. The lowest BCUT2D eigenvalue weighted by atomic mass is 10.1. The van der Waals surface area contributed by atoms with Crippen molar-refractivity contribution in [3.8, 4) is 0 Å².